The van der Waals surface area contributed by atoms with Crippen LogP contribution in [0.3, 0.4) is 0 Å². The van der Waals surface area contributed by atoms with Crippen molar-refractivity contribution in [2.75, 3.05) is 51.0 Å². The van der Waals surface area contributed by atoms with Crippen molar-refractivity contribution in [1.29, 1.82) is 0 Å². The molecule has 2 aromatic heterocycles. The van der Waals surface area contributed by atoms with Crippen molar-refractivity contribution in [3.8, 4) is 17.1 Å². The van der Waals surface area contributed by atoms with Crippen LogP contribution in [-0.2, 0) is 7.05 Å². The Morgan fingerprint density at radius 2 is 1.97 bits per heavy atom. The number of dihydropyridines is 1. The Morgan fingerprint density at radius 3 is 2.61 bits per heavy atom. The molecule has 198 valence electrons. The molecule has 1 saturated heterocycles. The summed E-state index contributed by atoms with van der Waals surface area (Å²) in [7, 11) is 4.98. The normalized spacial score (nSPS) is 18.8. The van der Waals surface area contributed by atoms with Crippen LogP contribution < -0.4 is 31.3 Å². The van der Waals surface area contributed by atoms with E-state index >= 15 is 0 Å². The third-order valence-corrected chi connectivity index (χ3v) is 6.27. The van der Waals surface area contributed by atoms with Crippen molar-refractivity contribution in [1.82, 2.24) is 45.8 Å². The molecule has 0 spiro atoms. The average molecular weight is 518 g/mol. The van der Waals surface area contributed by atoms with Gasteiger partial charge in [0.25, 0.3) is 5.91 Å². The van der Waals surface area contributed by atoms with E-state index in [0.29, 0.717) is 23.1 Å². The number of aromatic nitrogens is 5. The molecule has 1 unspecified atom stereocenters. The number of para-hydroxylation sites is 1. The SMILES string of the molecule is CNC(=O)c1ccc(NC2(Nc3cccc(-c4ncn(C)n4)c3OC)C=CC(N3CCNCC3)=CN2)nn1. The molecule has 0 saturated carbocycles. The van der Waals surface area contributed by atoms with Gasteiger partial charge in [-0.2, -0.15) is 5.10 Å². The molecule has 13 nitrogen and oxygen atoms in total. The summed E-state index contributed by atoms with van der Waals surface area (Å²) in [6, 6.07) is 9.06. The molecule has 1 aromatic carbocycles. The first-order valence-electron chi connectivity index (χ1n) is 12.3. The molecular weight excluding hydrogens is 486 g/mol. The zero-order chi connectivity index (χ0) is 26.5. The summed E-state index contributed by atoms with van der Waals surface area (Å²) in [6.45, 7) is 3.72. The molecule has 1 atom stereocenters. The van der Waals surface area contributed by atoms with Crippen LogP contribution in [-0.4, -0.2) is 81.9 Å². The van der Waals surface area contributed by atoms with Gasteiger partial charge in [-0.25, -0.2) is 4.98 Å². The zero-order valence-electron chi connectivity index (χ0n) is 21.5. The molecule has 0 bridgehead atoms. The summed E-state index contributed by atoms with van der Waals surface area (Å²) in [6.07, 6.45) is 7.66. The lowest BCUT2D eigenvalue weighted by Gasteiger charge is -2.39. The molecule has 2 aliphatic rings. The number of carbonyl (C=O) groups excluding carboxylic acids is 1. The molecule has 38 heavy (non-hydrogen) atoms. The quantitative estimate of drug-likeness (QED) is 0.269. The van der Waals surface area contributed by atoms with E-state index in [1.807, 2.05) is 37.5 Å². The number of ether oxygens (including phenoxy) is 1. The Hall–Kier alpha value is -4.65. The van der Waals surface area contributed by atoms with Gasteiger partial charge >= 0.3 is 0 Å². The van der Waals surface area contributed by atoms with Gasteiger partial charge in [-0.05, 0) is 36.4 Å². The van der Waals surface area contributed by atoms with Gasteiger partial charge in [0.2, 0.25) is 5.79 Å². The van der Waals surface area contributed by atoms with Crippen molar-refractivity contribution in [2.45, 2.75) is 5.79 Å². The number of methoxy groups -OCH3 is 1. The minimum Gasteiger partial charge on any atom is -0.494 e. The lowest BCUT2D eigenvalue weighted by Crippen LogP contribution is -2.56. The Labute approximate surface area is 220 Å². The number of benzene rings is 1. The summed E-state index contributed by atoms with van der Waals surface area (Å²) in [5.41, 5.74) is 2.76. The number of nitrogens with zero attached hydrogens (tertiary/aromatic N) is 6. The van der Waals surface area contributed by atoms with Crippen molar-refractivity contribution in [3.05, 3.63) is 66.4 Å². The van der Waals surface area contributed by atoms with E-state index in [2.05, 4.69) is 57.8 Å². The van der Waals surface area contributed by atoms with Crippen LogP contribution in [0.25, 0.3) is 11.4 Å². The Bertz CT molecular complexity index is 1350. The van der Waals surface area contributed by atoms with Gasteiger partial charge in [-0.1, -0.05) is 6.07 Å². The van der Waals surface area contributed by atoms with Crippen LogP contribution in [0.15, 0.2) is 60.7 Å². The number of anilines is 2. The molecule has 0 aliphatic carbocycles. The minimum absolute atomic E-state index is 0.227. The molecule has 2 aliphatic heterocycles. The third kappa shape index (κ3) is 5.22. The van der Waals surface area contributed by atoms with E-state index in [-0.39, 0.29) is 11.6 Å². The topological polar surface area (TPSA) is 146 Å². The highest BCUT2D eigenvalue weighted by Crippen LogP contribution is 2.36. The number of rotatable bonds is 8. The average Bonchev–Trinajstić information content (AvgIpc) is 3.39. The van der Waals surface area contributed by atoms with Gasteiger partial charge in [-0.15, -0.1) is 10.2 Å². The predicted octanol–water partition coefficient (Wildman–Crippen LogP) is 0.724. The second-order valence-electron chi connectivity index (χ2n) is 8.85. The molecular formula is C25H31N11O2. The first-order valence-corrected chi connectivity index (χ1v) is 12.3. The van der Waals surface area contributed by atoms with Crippen molar-refractivity contribution in [2.24, 2.45) is 7.05 Å². The molecule has 5 rings (SSSR count). The van der Waals surface area contributed by atoms with Crippen LogP contribution in [0, 0.1) is 0 Å². The maximum atomic E-state index is 11.9. The summed E-state index contributed by atoms with van der Waals surface area (Å²) >= 11 is 0. The summed E-state index contributed by atoms with van der Waals surface area (Å²) < 4.78 is 7.46. The number of aryl methyl sites for hydroxylation is 1. The fourth-order valence-electron chi connectivity index (χ4n) is 4.36. The van der Waals surface area contributed by atoms with Crippen LogP contribution >= 0.6 is 0 Å². The number of piperazine rings is 1. The van der Waals surface area contributed by atoms with Gasteiger partial charge in [0.1, 0.15) is 6.33 Å². The van der Waals surface area contributed by atoms with Gasteiger partial charge in [0, 0.05) is 46.5 Å². The van der Waals surface area contributed by atoms with Crippen molar-refractivity contribution in [3.63, 3.8) is 0 Å². The summed E-state index contributed by atoms with van der Waals surface area (Å²) in [5, 5.41) is 29.0. The van der Waals surface area contributed by atoms with Gasteiger partial charge < -0.3 is 36.2 Å². The van der Waals surface area contributed by atoms with Crippen molar-refractivity contribution < 1.29 is 9.53 Å². The maximum Gasteiger partial charge on any atom is 0.271 e. The van der Waals surface area contributed by atoms with Crippen LogP contribution in [0.5, 0.6) is 5.75 Å². The van der Waals surface area contributed by atoms with Crippen LogP contribution in [0.2, 0.25) is 0 Å². The summed E-state index contributed by atoms with van der Waals surface area (Å²) in [5.74, 6) is 0.305. The number of hydrogen-bond acceptors (Lipinski definition) is 11. The van der Waals surface area contributed by atoms with E-state index in [4.69, 9.17) is 4.74 Å². The first-order chi connectivity index (χ1) is 18.5. The highest BCUT2D eigenvalue weighted by molar-refractivity contribution is 5.91. The fourth-order valence-corrected chi connectivity index (χ4v) is 4.36. The second kappa shape index (κ2) is 10.8. The Morgan fingerprint density at radius 1 is 1.13 bits per heavy atom. The summed E-state index contributed by atoms with van der Waals surface area (Å²) in [4.78, 5) is 18.6. The Balaban J connectivity index is 1.47. The monoisotopic (exact) mass is 517 g/mol. The minimum atomic E-state index is -0.996. The first kappa shape index (κ1) is 25.0. The molecule has 4 heterocycles. The number of allylic oxidation sites excluding steroid dienone is 1. The number of hydrogen-bond donors (Lipinski definition) is 5. The molecule has 13 heteroatoms. The highest BCUT2D eigenvalue weighted by atomic mass is 16.5. The van der Waals surface area contributed by atoms with E-state index in [9.17, 15) is 4.79 Å². The third-order valence-electron chi connectivity index (χ3n) is 6.27. The van der Waals surface area contributed by atoms with E-state index in [0.717, 1.165) is 37.4 Å². The largest absolute Gasteiger partial charge is 0.494 e. The molecule has 3 aromatic rings. The maximum absolute atomic E-state index is 11.9. The van der Waals surface area contributed by atoms with Crippen LogP contribution in [0.4, 0.5) is 11.5 Å². The predicted molar refractivity (Wildman–Crippen MR) is 143 cm³/mol. The number of carbonyl (C=O) groups is 1. The van der Waals surface area contributed by atoms with Gasteiger partial charge in [0.15, 0.2) is 23.1 Å². The Kier molecular flexibility index (Phi) is 7.09. The van der Waals surface area contributed by atoms with E-state index in [1.165, 1.54) is 0 Å². The molecule has 0 radical (unpaired) electrons. The fraction of sp³-hybridized carbons (Fsp3) is 0.320. The molecule has 1 fully saturated rings. The zero-order valence-corrected chi connectivity index (χ0v) is 21.5. The lowest BCUT2D eigenvalue weighted by atomic mass is 10.1. The van der Waals surface area contributed by atoms with Gasteiger partial charge in [0.05, 0.1) is 24.1 Å². The van der Waals surface area contributed by atoms with E-state index < -0.39 is 5.79 Å². The smallest absolute Gasteiger partial charge is 0.271 e. The lowest BCUT2D eigenvalue weighted by molar-refractivity contribution is 0.0957. The van der Waals surface area contributed by atoms with Crippen LogP contribution in [0.1, 0.15) is 10.5 Å². The standard InChI is InChI=1S/C25H31N11O2/c1-26-24(37)20-7-8-21(33-32-20)31-25(10-9-17(15-29-25)36-13-11-27-12-14-36)30-19-6-4-5-18(22(19)38-3)23-28-16-35(2)34-23/h4-10,15-16,27,29-30H,11-14H2,1-3H3,(H,26,37)(H,31,33). The molecule has 5 N–H and O–H groups in total. The van der Waals surface area contributed by atoms with Crippen molar-refractivity contribution >= 4 is 17.4 Å². The molecule has 1 amide bonds. The second-order valence-corrected chi connectivity index (χ2v) is 8.85. The van der Waals surface area contributed by atoms with E-state index in [1.54, 1.807) is 37.3 Å². The number of nitrogens with one attached hydrogen (secondary N) is 5. The number of amides is 1. The highest BCUT2D eigenvalue weighted by Gasteiger charge is 2.31. The van der Waals surface area contributed by atoms with Gasteiger partial charge in [-0.3, -0.25) is 9.48 Å².